The van der Waals surface area contributed by atoms with Gasteiger partial charge >= 0.3 is 6.36 Å². The van der Waals surface area contributed by atoms with E-state index in [1.54, 1.807) is 0 Å². The Labute approximate surface area is 162 Å². The molecule has 1 N–H and O–H groups in total. The average molecular weight is 401 g/mol. The van der Waals surface area contributed by atoms with Crippen LogP contribution < -0.4 is 10.1 Å². The molecule has 2 atom stereocenters. The first-order valence-corrected chi connectivity index (χ1v) is 9.55. The molecule has 1 amide bonds. The molecule has 2 aliphatic rings. The zero-order valence-corrected chi connectivity index (χ0v) is 15.9. The van der Waals surface area contributed by atoms with Crippen LogP contribution in [0.2, 0.25) is 0 Å². The number of rotatable bonds is 6. The molecular formula is C19H26F3N3O3. The van der Waals surface area contributed by atoms with Crippen LogP contribution in [0.4, 0.5) is 18.9 Å². The quantitative estimate of drug-likeness (QED) is 0.795. The topological polar surface area (TPSA) is 54.0 Å². The molecule has 6 nitrogen and oxygen atoms in total. The normalized spacial score (nSPS) is 22.8. The molecule has 2 fully saturated rings. The SMILES string of the molecule is CC(C(=O)Nc1ccc(OC(F)(F)F)cc1)N1CCN(CC2CCCO2)CC1. The van der Waals surface area contributed by atoms with Gasteiger partial charge in [0.1, 0.15) is 5.75 Å². The second-order valence-electron chi connectivity index (χ2n) is 7.21. The number of anilines is 1. The van der Waals surface area contributed by atoms with Crippen LogP contribution in [0.1, 0.15) is 19.8 Å². The largest absolute Gasteiger partial charge is 0.573 e. The number of nitrogens with one attached hydrogen (secondary N) is 1. The van der Waals surface area contributed by atoms with Crippen LogP contribution >= 0.6 is 0 Å². The summed E-state index contributed by atoms with van der Waals surface area (Å²) in [6, 6.07) is 4.82. The van der Waals surface area contributed by atoms with Crippen LogP contribution in [0.15, 0.2) is 24.3 Å². The van der Waals surface area contributed by atoms with Crippen molar-refractivity contribution in [2.45, 2.75) is 38.3 Å². The van der Waals surface area contributed by atoms with Gasteiger partial charge in [0, 0.05) is 45.0 Å². The Bertz CT molecular complexity index is 640. The first-order valence-electron chi connectivity index (χ1n) is 9.55. The second-order valence-corrected chi connectivity index (χ2v) is 7.21. The smallest absolute Gasteiger partial charge is 0.406 e. The number of carbonyl (C=O) groups excluding carboxylic acids is 1. The highest BCUT2D eigenvalue weighted by molar-refractivity contribution is 5.94. The Kier molecular flexibility index (Phi) is 6.79. The molecule has 0 aliphatic carbocycles. The maximum Gasteiger partial charge on any atom is 0.573 e. The molecule has 2 aliphatic heterocycles. The molecule has 0 spiro atoms. The summed E-state index contributed by atoms with van der Waals surface area (Å²) in [6.07, 6.45) is -2.15. The Morgan fingerprint density at radius 3 is 2.50 bits per heavy atom. The molecule has 9 heteroatoms. The maximum absolute atomic E-state index is 12.5. The Hall–Kier alpha value is -1.84. The molecule has 156 valence electrons. The minimum absolute atomic E-state index is 0.183. The maximum atomic E-state index is 12.5. The number of nitrogens with zero attached hydrogens (tertiary/aromatic N) is 2. The molecule has 1 aromatic carbocycles. The third kappa shape index (κ3) is 6.08. The fourth-order valence-electron chi connectivity index (χ4n) is 3.56. The summed E-state index contributed by atoms with van der Waals surface area (Å²) in [5.41, 5.74) is 0.434. The third-order valence-corrected chi connectivity index (χ3v) is 5.18. The van der Waals surface area contributed by atoms with Crippen LogP contribution in [0.3, 0.4) is 0 Å². The summed E-state index contributed by atoms with van der Waals surface area (Å²) in [6.45, 7) is 7.00. The standard InChI is InChI=1S/C19H26F3N3O3/c1-14(25-10-8-24(9-11-25)13-17-3-2-12-27-17)18(26)23-15-4-6-16(7-5-15)28-19(20,21)22/h4-7,14,17H,2-3,8-13H2,1H3,(H,23,26). The molecule has 0 bridgehead atoms. The lowest BCUT2D eigenvalue weighted by Crippen LogP contribution is -2.53. The summed E-state index contributed by atoms with van der Waals surface area (Å²) in [4.78, 5) is 17.0. The van der Waals surface area contributed by atoms with Crippen molar-refractivity contribution in [3.8, 4) is 5.75 Å². The molecule has 2 unspecified atom stereocenters. The highest BCUT2D eigenvalue weighted by Crippen LogP contribution is 2.24. The molecule has 2 heterocycles. The minimum atomic E-state index is -4.73. The van der Waals surface area contributed by atoms with Crippen LogP contribution in [-0.2, 0) is 9.53 Å². The van der Waals surface area contributed by atoms with Crippen LogP contribution in [-0.4, -0.2) is 73.5 Å². The summed E-state index contributed by atoms with van der Waals surface area (Å²) in [5, 5.41) is 2.75. The number of hydrogen-bond acceptors (Lipinski definition) is 5. The van der Waals surface area contributed by atoms with E-state index in [0.29, 0.717) is 11.8 Å². The van der Waals surface area contributed by atoms with Crippen LogP contribution in [0.25, 0.3) is 0 Å². The van der Waals surface area contributed by atoms with E-state index in [2.05, 4.69) is 19.9 Å². The van der Waals surface area contributed by atoms with E-state index >= 15 is 0 Å². The summed E-state index contributed by atoms with van der Waals surface area (Å²) in [5.74, 6) is -0.502. The molecule has 3 rings (SSSR count). The van der Waals surface area contributed by atoms with Gasteiger partial charge in [-0.3, -0.25) is 14.6 Å². The summed E-state index contributed by atoms with van der Waals surface area (Å²) in [7, 11) is 0. The van der Waals surface area contributed by atoms with Crippen molar-refractivity contribution in [3.63, 3.8) is 0 Å². The van der Waals surface area contributed by atoms with Crippen molar-refractivity contribution in [3.05, 3.63) is 24.3 Å². The fraction of sp³-hybridized carbons (Fsp3) is 0.632. The van der Waals surface area contributed by atoms with E-state index in [1.165, 1.54) is 24.3 Å². The van der Waals surface area contributed by atoms with Crippen molar-refractivity contribution in [2.24, 2.45) is 0 Å². The zero-order valence-electron chi connectivity index (χ0n) is 15.9. The Balaban J connectivity index is 1.44. The first-order chi connectivity index (χ1) is 13.3. The van der Waals surface area contributed by atoms with E-state index in [4.69, 9.17) is 4.74 Å². The predicted molar refractivity (Wildman–Crippen MR) is 98.2 cm³/mol. The van der Waals surface area contributed by atoms with Gasteiger partial charge in [-0.25, -0.2) is 0 Å². The minimum Gasteiger partial charge on any atom is -0.406 e. The van der Waals surface area contributed by atoms with Gasteiger partial charge in [0.05, 0.1) is 12.1 Å². The van der Waals surface area contributed by atoms with E-state index in [1.807, 2.05) is 6.92 Å². The van der Waals surface area contributed by atoms with Gasteiger partial charge in [0.25, 0.3) is 0 Å². The van der Waals surface area contributed by atoms with Gasteiger partial charge in [-0.1, -0.05) is 0 Å². The van der Waals surface area contributed by atoms with Gasteiger partial charge in [0.2, 0.25) is 5.91 Å². The Morgan fingerprint density at radius 1 is 1.25 bits per heavy atom. The number of alkyl halides is 3. The molecule has 1 aromatic rings. The monoisotopic (exact) mass is 401 g/mol. The average Bonchev–Trinajstić information content (AvgIpc) is 3.15. The summed E-state index contributed by atoms with van der Waals surface area (Å²) >= 11 is 0. The second kappa shape index (κ2) is 9.11. The van der Waals surface area contributed by atoms with E-state index in [9.17, 15) is 18.0 Å². The van der Waals surface area contributed by atoms with Crippen molar-refractivity contribution in [1.29, 1.82) is 0 Å². The molecule has 2 saturated heterocycles. The number of carbonyl (C=O) groups is 1. The highest BCUT2D eigenvalue weighted by atomic mass is 19.4. The van der Waals surface area contributed by atoms with E-state index in [0.717, 1.165) is 52.2 Å². The molecule has 0 saturated carbocycles. The molecule has 0 radical (unpaired) electrons. The predicted octanol–water partition coefficient (Wildman–Crippen LogP) is 2.71. The first kappa shape index (κ1) is 20.9. The van der Waals surface area contributed by atoms with E-state index in [-0.39, 0.29) is 17.7 Å². The van der Waals surface area contributed by atoms with Gasteiger partial charge < -0.3 is 14.8 Å². The van der Waals surface area contributed by atoms with Crippen molar-refractivity contribution >= 4 is 11.6 Å². The van der Waals surface area contributed by atoms with E-state index < -0.39 is 6.36 Å². The number of piperazine rings is 1. The lowest BCUT2D eigenvalue weighted by molar-refractivity contribution is -0.274. The molecular weight excluding hydrogens is 375 g/mol. The Morgan fingerprint density at radius 2 is 1.93 bits per heavy atom. The third-order valence-electron chi connectivity index (χ3n) is 5.18. The van der Waals surface area contributed by atoms with Gasteiger partial charge in [-0.15, -0.1) is 13.2 Å². The number of amides is 1. The molecule has 28 heavy (non-hydrogen) atoms. The lowest BCUT2D eigenvalue weighted by Gasteiger charge is -2.38. The van der Waals surface area contributed by atoms with Crippen LogP contribution in [0.5, 0.6) is 5.75 Å². The lowest BCUT2D eigenvalue weighted by atomic mass is 10.2. The van der Waals surface area contributed by atoms with Crippen LogP contribution in [0, 0.1) is 0 Å². The summed E-state index contributed by atoms with van der Waals surface area (Å²) < 4.78 is 46.1. The number of hydrogen-bond donors (Lipinski definition) is 1. The zero-order chi connectivity index (χ0) is 20.1. The molecule has 0 aromatic heterocycles. The van der Waals surface area contributed by atoms with Gasteiger partial charge in [0.15, 0.2) is 0 Å². The number of ether oxygens (including phenoxy) is 2. The number of benzene rings is 1. The van der Waals surface area contributed by atoms with Crippen molar-refractivity contribution in [2.75, 3.05) is 44.6 Å². The van der Waals surface area contributed by atoms with Gasteiger partial charge in [-0.2, -0.15) is 0 Å². The van der Waals surface area contributed by atoms with Crippen molar-refractivity contribution < 1.29 is 27.4 Å². The van der Waals surface area contributed by atoms with Gasteiger partial charge in [-0.05, 0) is 44.0 Å². The fourth-order valence-corrected chi connectivity index (χ4v) is 3.56. The highest BCUT2D eigenvalue weighted by Gasteiger charge is 2.31. The number of halogens is 3. The van der Waals surface area contributed by atoms with Crippen molar-refractivity contribution in [1.82, 2.24) is 9.80 Å².